The van der Waals surface area contributed by atoms with E-state index in [1.165, 1.54) is 4.90 Å². The lowest BCUT2D eigenvalue weighted by Gasteiger charge is -2.26. The Morgan fingerprint density at radius 3 is 2.32 bits per heavy atom. The normalized spacial score (nSPS) is 16.7. The van der Waals surface area contributed by atoms with Gasteiger partial charge in [0.2, 0.25) is 0 Å². The monoisotopic (exact) mass is 514 g/mol. The fourth-order valence-electron chi connectivity index (χ4n) is 4.59. The SMILES string of the molecule is CCOc1cccc(CN2C(=O)C(=O)/C(=C(\O)c3cccc(OC(C)C)c3)C2c2ccc(N(C)C)cc2)c1. The lowest BCUT2D eigenvalue weighted by atomic mass is 9.95. The van der Waals surface area contributed by atoms with Gasteiger partial charge in [-0.15, -0.1) is 0 Å². The minimum absolute atomic E-state index is 0.0512. The molecule has 7 nitrogen and oxygen atoms in total. The molecule has 3 aromatic carbocycles. The summed E-state index contributed by atoms with van der Waals surface area (Å²) >= 11 is 0. The van der Waals surface area contributed by atoms with Crippen molar-refractivity contribution in [2.75, 3.05) is 25.6 Å². The smallest absolute Gasteiger partial charge is 0.295 e. The highest BCUT2D eigenvalue weighted by Gasteiger charge is 2.46. The zero-order valence-corrected chi connectivity index (χ0v) is 22.5. The fraction of sp³-hybridized carbons (Fsp3) is 0.290. The highest BCUT2D eigenvalue weighted by Crippen LogP contribution is 2.41. The van der Waals surface area contributed by atoms with Gasteiger partial charge in [0, 0.05) is 31.9 Å². The number of carbonyl (C=O) groups excluding carboxylic acids is 2. The van der Waals surface area contributed by atoms with Crippen LogP contribution in [0.4, 0.5) is 5.69 Å². The van der Waals surface area contributed by atoms with Crippen molar-refractivity contribution in [3.63, 3.8) is 0 Å². The number of ether oxygens (including phenoxy) is 2. The van der Waals surface area contributed by atoms with E-state index < -0.39 is 17.7 Å². The molecule has 0 radical (unpaired) electrons. The van der Waals surface area contributed by atoms with Crippen molar-refractivity contribution in [2.45, 2.75) is 39.5 Å². The number of amides is 1. The number of hydrogen-bond acceptors (Lipinski definition) is 6. The van der Waals surface area contributed by atoms with Gasteiger partial charge in [0.15, 0.2) is 0 Å². The molecule has 4 rings (SSSR count). The molecule has 1 N–H and O–H groups in total. The van der Waals surface area contributed by atoms with Gasteiger partial charge in [-0.1, -0.05) is 36.4 Å². The molecule has 0 aliphatic carbocycles. The number of ketones is 1. The van der Waals surface area contributed by atoms with Crippen LogP contribution in [0.25, 0.3) is 5.76 Å². The van der Waals surface area contributed by atoms with Crippen molar-refractivity contribution in [1.82, 2.24) is 4.90 Å². The predicted octanol–water partition coefficient (Wildman–Crippen LogP) is 5.56. The standard InChI is InChI=1S/C31H34N2O5/c1-6-37-25-11-7-9-21(17-25)19-33-28(22-13-15-24(16-14-22)32(4)5)27(30(35)31(33)36)29(34)23-10-8-12-26(18-23)38-20(2)3/h7-18,20,28,34H,6,19H2,1-5H3/b29-27-. The largest absolute Gasteiger partial charge is 0.507 e. The first-order chi connectivity index (χ1) is 18.2. The average molecular weight is 515 g/mol. The van der Waals surface area contributed by atoms with Crippen LogP contribution < -0.4 is 14.4 Å². The van der Waals surface area contributed by atoms with Gasteiger partial charge in [0.25, 0.3) is 11.7 Å². The summed E-state index contributed by atoms with van der Waals surface area (Å²) in [6.45, 7) is 6.43. The highest BCUT2D eigenvalue weighted by atomic mass is 16.5. The third-order valence-electron chi connectivity index (χ3n) is 6.31. The number of anilines is 1. The van der Waals surface area contributed by atoms with Gasteiger partial charge in [-0.05, 0) is 68.3 Å². The van der Waals surface area contributed by atoms with Gasteiger partial charge in [0.05, 0.1) is 24.3 Å². The van der Waals surface area contributed by atoms with E-state index in [9.17, 15) is 14.7 Å². The molecule has 0 bridgehead atoms. The van der Waals surface area contributed by atoms with Crippen molar-refractivity contribution in [2.24, 2.45) is 0 Å². The van der Waals surface area contributed by atoms with Crippen molar-refractivity contribution in [1.29, 1.82) is 0 Å². The summed E-state index contributed by atoms with van der Waals surface area (Å²) in [5.74, 6) is -0.358. The Labute approximate surface area is 223 Å². The summed E-state index contributed by atoms with van der Waals surface area (Å²) in [6.07, 6.45) is -0.0550. The molecule has 1 atom stereocenters. The topological polar surface area (TPSA) is 79.3 Å². The van der Waals surface area contributed by atoms with Crippen LogP contribution in [0.1, 0.15) is 43.5 Å². The van der Waals surface area contributed by atoms with E-state index >= 15 is 0 Å². The molecule has 0 spiro atoms. The van der Waals surface area contributed by atoms with Gasteiger partial charge in [0.1, 0.15) is 17.3 Å². The first-order valence-electron chi connectivity index (χ1n) is 12.7. The summed E-state index contributed by atoms with van der Waals surface area (Å²) in [7, 11) is 3.89. The van der Waals surface area contributed by atoms with Crippen molar-refractivity contribution < 1.29 is 24.2 Å². The van der Waals surface area contributed by atoms with Crippen molar-refractivity contribution in [3.05, 3.63) is 95.1 Å². The minimum atomic E-state index is -0.767. The molecule has 7 heteroatoms. The van der Waals surface area contributed by atoms with E-state index in [-0.39, 0.29) is 24.0 Å². The number of aliphatic hydroxyl groups is 1. The van der Waals surface area contributed by atoms with Crippen LogP contribution in [0.5, 0.6) is 11.5 Å². The Balaban J connectivity index is 1.82. The van der Waals surface area contributed by atoms with Crippen LogP contribution in [-0.2, 0) is 16.1 Å². The molecule has 1 unspecified atom stereocenters. The highest BCUT2D eigenvalue weighted by molar-refractivity contribution is 6.46. The molecule has 3 aromatic rings. The quantitative estimate of drug-likeness (QED) is 0.229. The number of Topliss-reactive ketones (excluding diaryl/α,β-unsaturated/α-hetero) is 1. The fourth-order valence-corrected chi connectivity index (χ4v) is 4.59. The first-order valence-corrected chi connectivity index (χ1v) is 12.7. The molecule has 1 aliphatic rings. The Hall–Kier alpha value is -4.26. The van der Waals surface area contributed by atoms with E-state index in [1.54, 1.807) is 24.3 Å². The lowest BCUT2D eigenvalue weighted by Crippen LogP contribution is -2.29. The summed E-state index contributed by atoms with van der Waals surface area (Å²) in [5.41, 5.74) is 2.99. The first kappa shape index (κ1) is 26.8. The van der Waals surface area contributed by atoms with Crippen molar-refractivity contribution in [3.8, 4) is 11.5 Å². The Kier molecular flexibility index (Phi) is 8.05. The number of rotatable bonds is 9. The number of likely N-dealkylation sites (tertiary alicyclic amines) is 1. The molecule has 1 amide bonds. The molecular weight excluding hydrogens is 480 g/mol. The third kappa shape index (κ3) is 5.67. The van der Waals surface area contributed by atoms with Crippen LogP contribution in [0.15, 0.2) is 78.4 Å². The second kappa shape index (κ2) is 11.4. The van der Waals surface area contributed by atoms with Crippen molar-refractivity contribution >= 4 is 23.1 Å². The van der Waals surface area contributed by atoms with E-state index in [1.807, 2.05) is 88.3 Å². The maximum Gasteiger partial charge on any atom is 0.295 e. The zero-order valence-electron chi connectivity index (χ0n) is 22.5. The number of aliphatic hydroxyl groups excluding tert-OH is 1. The molecule has 1 heterocycles. The Morgan fingerprint density at radius 1 is 0.974 bits per heavy atom. The van der Waals surface area contributed by atoms with Crippen LogP contribution in [0.3, 0.4) is 0 Å². The summed E-state index contributed by atoms with van der Waals surface area (Å²) in [4.78, 5) is 30.3. The molecule has 0 aromatic heterocycles. The van der Waals surface area contributed by atoms with E-state index in [0.717, 1.165) is 16.8 Å². The van der Waals surface area contributed by atoms with Crippen LogP contribution in [-0.4, -0.2) is 48.5 Å². The number of nitrogens with zero attached hydrogens (tertiary/aromatic N) is 2. The lowest BCUT2D eigenvalue weighted by molar-refractivity contribution is -0.140. The van der Waals surface area contributed by atoms with Gasteiger partial charge >= 0.3 is 0 Å². The maximum absolute atomic E-state index is 13.4. The zero-order chi connectivity index (χ0) is 27.4. The minimum Gasteiger partial charge on any atom is -0.507 e. The van der Waals surface area contributed by atoms with Gasteiger partial charge in [-0.2, -0.15) is 0 Å². The Bertz CT molecular complexity index is 1340. The molecule has 1 saturated heterocycles. The third-order valence-corrected chi connectivity index (χ3v) is 6.31. The van der Waals surface area contributed by atoms with E-state index in [4.69, 9.17) is 9.47 Å². The number of hydrogen-bond donors (Lipinski definition) is 1. The molecule has 38 heavy (non-hydrogen) atoms. The average Bonchev–Trinajstić information content (AvgIpc) is 3.13. The Morgan fingerprint density at radius 2 is 1.66 bits per heavy atom. The maximum atomic E-state index is 13.4. The number of carbonyl (C=O) groups is 2. The van der Waals surface area contributed by atoms with Crippen LogP contribution in [0.2, 0.25) is 0 Å². The summed E-state index contributed by atoms with van der Waals surface area (Å²) in [6, 6.07) is 21.3. The van der Waals surface area contributed by atoms with Gasteiger partial charge < -0.3 is 24.4 Å². The second-order valence-electron chi connectivity index (χ2n) is 9.69. The van der Waals surface area contributed by atoms with E-state index in [2.05, 4.69) is 0 Å². The van der Waals surface area contributed by atoms with Gasteiger partial charge in [-0.25, -0.2) is 0 Å². The predicted molar refractivity (Wildman–Crippen MR) is 148 cm³/mol. The van der Waals surface area contributed by atoms with Crippen LogP contribution >= 0.6 is 0 Å². The molecule has 1 aliphatic heterocycles. The molecule has 0 saturated carbocycles. The van der Waals surface area contributed by atoms with Crippen LogP contribution in [0, 0.1) is 0 Å². The summed E-state index contributed by atoms with van der Waals surface area (Å²) in [5, 5.41) is 11.4. The summed E-state index contributed by atoms with van der Waals surface area (Å²) < 4.78 is 11.4. The molecule has 1 fully saturated rings. The van der Waals surface area contributed by atoms with E-state index in [0.29, 0.717) is 23.7 Å². The molecular formula is C31H34N2O5. The number of benzene rings is 3. The molecule has 198 valence electrons. The van der Waals surface area contributed by atoms with Gasteiger partial charge in [-0.3, -0.25) is 9.59 Å². The second-order valence-corrected chi connectivity index (χ2v) is 9.69.